The Kier molecular flexibility index (Phi) is 3.76. The monoisotopic (exact) mass is 250 g/mol. The molecule has 0 amide bonds. The van der Waals surface area contributed by atoms with Crippen LogP contribution in [-0.4, -0.2) is 29.0 Å². The predicted molar refractivity (Wildman–Crippen MR) is 69.5 cm³/mol. The van der Waals surface area contributed by atoms with Gasteiger partial charge < -0.3 is 20.7 Å². The molecular formula is C12H18N4O2. The van der Waals surface area contributed by atoms with Crippen molar-refractivity contribution in [3.05, 3.63) is 28.4 Å². The first-order chi connectivity index (χ1) is 8.61. The molecule has 2 heterocycles. The topological polar surface area (TPSA) is 85.3 Å². The largest absolute Gasteiger partial charge is 0.365 e. The second-order valence-electron chi connectivity index (χ2n) is 4.81. The van der Waals surface area contributed by atoms with Gasteiger partial charge in [0, 0.05) is 18.7 Å². The molecule has 0 aliphatic carbocycles. The highest BCUT2D eigenvalue weighted by Gasteiger charge is 2.25. The highest BCUT2D eigenvalue weighted by Crippen LogP contribution is 2.27. The standard InChI is InChI=1S/C12H18N4O2/c1-9-2-3-10(6-13)8-15(9)11-4-5-12(14-7-11)16(17)18/h4-5,7,9-10H,2-3,6,8,13H2,1H3. The summed E-state index contributed by atoms with van der Waals surface area (Å²) in [6.07, 6.45) is 3.82. The van der Waals surface area contributed by atoms with Crippen LogP contribution in [0, 0.1) is 16.0 Å². The average molecular weight is 250 g/mol. The quantitative estimate of drug-likeness (QED) is 0.650. The van der Waals surface area contributed by atoms with Gasteiger partial charge in [0.25, 0.3) is 0 Å². The molecule has 1 aromatic rings. The maximum absolute atomic E-state index is 10.6. The maximum atomic E-state index is 10.6. The highest BCUT2D eigenvalue weighted by molar-refractivity contribution is 5.47. The number of nitro groups is 1. The summed E-state index contributed by atoms with van der Waals surface area (Å²) in [6, 6.07) is 3.64. The van der Waals surface area contributed by atoms with Crippen LogP contribution in [0.25, 0.3) is 0 Å². The fourth-order valence-corrected chi connectivity index (χ4v) is 2.39. The second-order valence-corrected chi connectivity index (χ2v) is 4.81. The van der Waals surface area contributed by atoms with E-state index in [1.54, 1.807) is 12.3 Å². The Hall–Kier alpha value is -1.69. The summed E-state index contributed by atoms with van der Waals surface area (Å²) in [6.45, 7) is 3.74. The Morgan fingerprint density at radius 2 is 2.33 bits per heavy atom. The van der Waals surface area contributed by atoms with Crippen molar-refractivity contribution in [1.29, 1.82) is 0 Å². The van der Waals surface area contributed by atoms with Crippen LogP contribution in [0.3, 0.4) is 0 Å². The van der Waals surface area contributed by atoms with Crippen LogP contribution in [0.15, 0.2) is 18.3 Å². The third-order valence-electron chi connectivity index (χ3n) is 3.56. The van der Waals surface area contributed by atoms with E-state index in [9.17, 15) is 10.1 Å². The number of nitrogens with zero attached hydrogens (tertiary/aromatic N) is 3. The molecule has 18 heavy (non-hydrogen) atoms. The fraction of sp³-hybridized carbons (Fsp3) is 0.583. The van der Waals surface area contributed by atoms with E-state index in [2.05, 4.69) is 16.8 Å². The number of hydrogen-bond donors (Lipinski definition) is 1. The van der Waals surface area contributed by atoms with Crippen molar-refractivity contribution >= 4 is 11.5 Å². The van der Waals surface area contributed by atoms with Crippen LogP contribution in [-0.2, 0) is 0 Å². The minimum Gasteiger partial charge on any atom is -0.365 e. The summed E-state index contributed by atoms with van der Waals surface area (Å²) in [5, 5.41) is 10.6. The lowest BCUT2D eigenvalue weighted by Gasteiger charge is -2.38. The van der Waals surface area contributed by atoms with E-state index < -0.39 is 4.92 Å². The molecule has 2 atom stereocenters. The average Bonchev–Trinajstić information content (AvgIpc) is 2.39. The van der Waals surface area contributed by atoms with Gasteiger partial charge in [-0.25, -0.2) is 0 Å². The molecule has 0 bridgehead atoms. The minimum atomic E-state index is -0.480. The molecule has 1 aliphatic heterocycles. The molecule has 1 aliphatic rings. The second kappa shape index (κ2) is 5.30. The van der Waals surface area contributed by atoms with Gasteiger partial charge in [-0.2, -0.15) is 0 Å². The van der Waals surface area contributed by atoms with Crippen molar-refractivity contribution < 1.29 is 4.92 Å². The van der Waals surface area contributed by atoms with Gasteiger partial charge in [0.2, 0.25) is 0 Å². The molecule has 0 radical (unpaired) electrons. The summed E-state index contributed by atoms with van der Waals surface area (Å²) in [7, 11) is 0. The molecule has 0 spiro atoms. The predicted octanol–water partition coefficient (Wildman–Crippen LogP) is 1.55. The zero-order valence-corrected chi connectivity index (χ0v) is 10.5. The number of anilines is 1. The van der Waals surface area contributed by atoms with Crippen molar-refractivity contribution in [3.8, 4) is 0 Å². The van der Waals surface area contributed by atoms with Gasteiger partial charge in [0.15, 0.2) is 6.20 Å². The molecule has 1 fully saturated rings. The van der Waals surface area contributed by atoms with Gasteiger partial charge in [-0.05, 0) is 48.2 Å². The Morgan fingerprint density at radius 3 is 2.89 bits per heavy atom. The molecule has 1 aromatic heterocycles. The summed E-state index contributed by atoms with van der Waals surface area (Å²) in [5.41, 5.74) is 6.66. The Balaban J connectivity index is 2.16. The van der Waals surface area contributed by atoms with Crippen molar-refractivity contribution in [2.45, 2.75) is 25.8 Å². The van der Waals surface area contributed by atoms with Gasteiger partial charge in [-0.15, -0.1) is 0 Å². The molecule has 0 aromatic carbocycles. The van der Waals surface area contributed by atoms with Crippen molar-refractivity contribution in [2.75, 3.05) is 18.0 Å². The normalized spacial score (nSPS) is 24.0. The zero-order chi connectivity index (χ0) is 13.1. The molecule has 2 rings (SSSR count). The number of pyridine rings is 1. The number of nitrogens with two attached hydrogens (primary N) is 1. The van der Waals surface area contributed by atoms with Crippen LogP contribution < -0.4 is 10.6 Å². The minimum absolute atomic E-state index is 0.112. The van der Waals surface area contributed by atoms with E-state index in [-0.39, 0.29) is 5.82 Å². The molecule has 6 nitrogen and oxygen atoms in total. The van der Waals surface area contributed by atoms with Crippen LogP contribution in [0.5, 0.6) is 0 Å². The lowest BCUT2D eigenvalue weighted by molar-refractivity contribution is -0.389. The van der Waals surface area contributed by atoms with E-state index >= 15 is 0 Å². The van der Waals surface area contributed by atoms with Gasteiger partial charge >= 0.3 is 5.82 Å². The van der Waals surface area contributed by atoms with E-state index in [0.29, 0.717) is 18.5 Å². The molecule has 1 saturated heterocycles. The van der Waals surface area contributed by atoms with Crippen molar-refractivity contribution in [3.63, 3.8) is 0 Å². The molecule has 0 saturated carbocycles. The van der Waals surface area contributed by atoms with Crippen LogP contribution in [0.2, 0.25) is 0 Å². The summed E-state index contributed by atoms with van der Waals surface area (Å²) >= 11 is 0. The lowest BCUT2D eigenvalue weighted by Crippen LogP contribution is -2.44. The number of hydrogen-bond acceptors (Lipinski definition) is 5. The van der Waals surface area contributed by atoms with Gasteiger partial charge in [-0.1, -0.05) is 0 Å². The first-order valence-corrected chi connectivity index (χ1v) is 6.19. The van der Waals surface area contributed by atoms with Crippen LogP contribution >= 0.6 is 0 Å². The Morgan fingerprint density at radius 1 is 1.56 bits per heavy atom. The Labute approximate surface area is 106 Å². The molecular weight excluding hydrogens is 232 g/mol. The molecule has 2 N–H and O–H groups in total. The first-order valence-electron chi connectivity index (χ1n) is 6.19. The third-order valence-corrected chi connectivity index (χ3v) is 3.56. The van der Waals surface area contributed by atoms with Crippen LogP contribution in [0.1, 0.15) is 19.8 Å². The number of aromatic nitrogens is 1. The van der Waals surface area contributed by atoms with Crippen molar-refractivity contribution in [1.82, 2.24) is 4.98 Å². The first kappa shape index (κ1) is 12.8. The lowest BCUT2D eigenvalue weighted by atomic mass is 9.93. The SMILES string of the molecule is CC1CCC(CN)CN1c1ccc([N+](=O)[O-])nc1. The number of rotatable bonds is 3. The zero-order valence-electron chi connectivity index (χ0n) is 10.5. The molecule has 2 unspecified atom stereocenters. The summed E-state index contributed by atoms with van der Waals surface area (Å²) in [5.74, 6) is 0.384. The van der Waals surface area contributed by atoms with Gasteiger partial charge in [-0.3, -0.25) is 0 Å². The van der Waals surface area contributed by atoms with E-state index in [4.69, 9.17) is 5.73 Å². The van der Waals surface area contributed by atoms with Crippen molar-refractivity contribution in [2.24, 2.45) is 11.7 Å². The summed E-state index contributed by atoms with van der Waals surface area (Å²) in [4.78, 5) is 16.2. The Bertz CT molecular complexity index is 421. The smallest absolute Gasteiger partial charge is 0.363 e. The van der Waals surface area contributed by atoms with E-state index in [1.165, 1.54) is 6.07 Å². The molecule has 6 heteroatoms. The van der Waals surface area contributed by atoms with Crippen LogP contribution in [0.4, 0.5) is 11.5 Å². The van der Waals surface area contributed by atoms with E-state index in [0.717, 1.165) is 25.1 Å². The molecule has 98 valence electrons. The van der Waals surface area contributed by atoms with Gasteiger partial charge in [0.05, 0.1) is 5.69 Å². The highest BCUT2D eigenvalue weighted by atomic mass is 16.6. The fourth-order valence-electron chi connectivity index (χ4n) is 2.39. The summed E-state index contributed by atoms with van der Waals surface area (Å²) < 4.78 is 0. The maximum Gasteiger partial charge on any atom is 0.363 e. The third kappa shape index (κ3) is 2.59. The van der Waals surface area contributed by atoms with E-state index in [1.807, 2.05) is 0 Å². The van der Waals surface area contributed by atoms with Gasteiger partial charge in [0.1, 0.15) is 0 Å². The number of piperidine rings is 1.